The molecule has 2 N–H and O–H groups in total. The quantitative estimate of drug-likeness (QED) is 0.624. The Hall–Kier alpha value is -1.27. The molecule has 0 aliphatic rings. The summed E-state index contributed by atoms with van der Waals surface area (Å²) < 4.78 is 23.2. The average molecular weight is 250 g/mol. The molecule has 15 heavy (non-hydrogen) atoms. The maximum Gasteiger partial charge on any atom is 0.406 e. The number of hydrogen-bond acceptors (Lipinski definition) is 3. The Morgan fingerprint density at radius 2 is 1.87 bits per heavy atom. The zero-order valence-corrected chi connectivity index (χ0v) is 8.99. The van der Waals surface area contributed by atoms with Crippen molar-refractivity contribution in [2.45, 2.75) is 9.73 Å². The summed E-state index contributed by atoms with van der Waals surface area (Å²) in [6.07, 6.45) is -1.49. The molecule has 0 aliphatic heterocycles. The molecule has 1 amide bonds. The molecule has 5 nitrogen and oxygen atoms in total. The third-order valence-corrected chi connectivity index (χ3v) is 3.99. The summed E-state index contributed by atoms with van der Waals surface area (Å²) in [5.74, 6) is 0. The topological polar surface area (TPSA) is 83.5 Å². The van der Waals surface area contributed by atoms with Gasteiger partial charge in [-0.3, -0.25) is 5.32 Å². The monoisotopic (exact) mass is 249 g/mol. The SMILES string of the molecule is O=C(O)NC(Cl)S(=O)(=O)c1ccccc1. The van der Waals surface area contributed by atoms with Crippen LogP contribution in [-0.4, -0.2) is 24.5 Å². The molecule has 0 spiro atoms. The molecule has 0 aliphatic carbocycles. The Morgan fingerprint density at radius 3 is 2.33 bits per heavy atom. The summed E-state index contributed by atoms with van der Waals surface area (Å²) in [7, 11) is -3.86. The van der Waals surface area contributed by atoms with Crippen molar-refractivity contribution in [1.82, 2.24) is 5.32 Å². The van der Waals surface area contributed by atoms with E-state index >= 15 is 0 Å². The van der Waals surface area contributed by atoms with Crippen molar-refractivity contribution < 1.29 is 18.3 Å². The number of amides is 1. The lowest BCUT2D eigenvalue weighted by Crippen LogP contribution is -2.35. The van der Waals surface area contributed by atoms with Gasteiger partial charge in [-0.1, -0.05) is 29.8 Å². The molecule has 0 saturated heterocycles. The summed E-state index contributed by atoms with van der Waals surface area (Å²) in [5, 5.41) is 10.0. The van der Waals surface area contributed by atoms with E-state index in [0.29, 0.717) is 0 Å². The van der Waals surface area contributed by atoms with E-state index in [1.54, 1.807) is 11.4 Å². The van der Waals surface area contributed by atoms with Gasteiger partial charge >= 0.3 is 6.09 Å². The van der Waals surface area contributed by atoms with Gasteiger partial charge < -0.3 is 5.11 Å². The summed E-state index contributed by atoms with van der Waals surface area (Å²) in [6, 6.07) is 7.38. The molecule has 1 aromatic carbocycles. The Kier molecular flexibility index (Phi) is 3.54. The van der Waals surface area contributed by atoms with Gasteiger partial charge in [-0.15, -0.1) is 0 Å². The number of carbonyl (C=O) groups is 1. The van der Waals surface area contributed by atoms with Crippen molar-refractivity contribution in [2.24, 2.45) is 0 Å². The summed E-state index contributed by atoms with van der Waals surface area (Å²) >= 11 is 5.42. The van der Waals surface area contributed by atoms with Crippen molar-refractivity contribution in [3.63, 3.8) is 0 Å². The highest BCUT2D eigenvalue weighted by Gasteiger charge is 2.26. The Labute approximate surface area is 91.6 Å². The van der Waals surface area contributed by atoms with Crippen LogP contribution < -0.4 is 5.32 Å². The van der Waals surface area contributed by atoms with Crippen LogP contribution in [0.4, 0.5) is 4.79 Å². The van der Waals surface area contributed by atoms with Gasteiger partial charge in [0, 0.05) is 0 Å². The number of sulfone groups is 1. The third-order valence-electron chi connectivity index (χ3n) is 1.58. The van der Waals surface area contributed by atoms with Gasteiger partial charge in [0.05, 0.1) is 4.90 Å². The number of rotatable bonds is 3. The van der Waals surface area contributed by atoms with Crippen LogP contribution in [0, 0.1) is 0 Å². The molecule has 0 bridgehead atoms. The van der Waals surface area contributed by atoms with Crippen LogP contribution in [0.15, 0.2) is 35.2 Å². The van der Waals surface area contributed by atoms with E-state index < -0.39 is 20.8 Å². The number of nitrogens with one attached hydrogen (secondary N) is 1. The van der Waals surface area contributed by atoms with E-state index in [2.05, 4.69) is 0 Å². The van der Waals surface area contributed by atoms with Crippen molar-refractivity contribution in [3.8, 4) is 0 Å². The van der Waals surface area contributed by atoms with Crippen LogP contribution in [0.3, 0.4) is 0 Å². The number of halogens is 1. The minimum absolute atomic E-state index is 0.0289. The predicted octanol–water partition coefficient (Wildman–Crippen LogP) is 1.25. The first-order chi connectivity index (χ1) is 6.94. The molecule has 0 heterocycles. The van der Waals surface area contributed by atoms with Crippen molar-refractivity contribution in [3.05, 3.63) is 30.3 Å². The first-order valence-corrected chi connectivity index (χ1v) is 5.85. The molecular weight excluding hydrogens is 242 g/mol. The van der Waals surface area contributed by atoms with E-state index in [9.17, 15) is 13.2 Å². The van der Waals surface area contributed by atoms with Gasteiger partial charge in [0.2, 0.25) is 14.7 Å². The van der Waals surface area contributed by atoms with Crippen LogP contribution in [0.1, 0.15) is 0 Å². The second-order valence-electron chi connectivity index (χ2n) is 2.62. The molecule has 0 aromatic heterocycles. The number of hydrogen-bond donors (Lipinski definition) is 2. The molecule has 82 valence electrons. The summed E-state index contributed by atoms with van der Waals surface area (Å²) in [6.45, 7) is 0. The van der Waals surface area contributed by atoms with E-state index in [1.807, 2.05) is 0 Å². The average Bonchev–Trinajstić information content (AvgIpc) is 2.18. The van der Waals surface area contributed by atoms with E-state index in [0.717, 1.165) is 0 Å². The molecule has 1 aromatic rings. The van der Waals surface area contributed by atoms with E-state index in [4.69, 9.17) is 16.7 Å². The van der Waals surface area contributed by atoms with Crippen molar-refractivity contribution in [2.75, 3.05) is 0 Å². The van der Waals surface area contributed by atoms with Crippen molar-refractivity contribution in [1.29, 1.82) is 0 Å². The standard InChI is InChI=1S/C8H8ClNO4S/c9-7(10-8(11)12)15(13,14)6-4-2-1-3-5-6/h1-5,7,10H,(H,11,12). The first-order valence-electron chi connectivity index (χ1n) is 3.87. The fraction of sp³-hybridized carbons (Fsp3) is 0.125. The molecule has 1 atom stereocenters. The molecule has 1 unspecified atom stereocenters. The summed E-state index contributed by atoms with van der Waals surface area (Å²) in [5.41, 5.74) is 0. The highest BCUT2D eigenvalue weighted by molar-refractivity contribution is 7.93. The predicted molar refractivity (Wildman–Crippen MR) is 54.4 cm³/mol. The van der Waals surface area contributed by atoms with Gasteiger partial charge in [0.15, 0.2) is 0 Å². The maximum absolute atomic E-state index is 11.6. The number of benzene rings is 1. The van der Waals surface area contributed by atoms with Crippen molar-refractivity contribution >= 4 is 27.5 Å². The van der Waals surface area contributed by atoms with Crippen LogP contribution >= 0.6 is 11.6 Å². The fourth-order valence-electron chi connectivity index (χ4n) is 0.904. The highest BCUT2D eigenvalue weighted by atomic mass is 35.5. The minimum atomic E-state index is -3.86. The Bertz CT molecular complexity index is 445. The number of alkyl halides is 1. The summed E-state index contributed by atoms with van der Waals surface area (Å²) in [4.78, 5) is 8.52. The second kappa shape index (κ2) is 4.50. The Morgan fingerprint density at radius 1 is 1.33 bits per heavy atom. The van der Waals surface area contributed by atoms with Gasteiger partial charge in [-0.2, -0.15) is 0 Å². The largest absolute Gasteiger partial charge is 0.465 e. The zero-order valence-electron chi connectivity index (χ0n) is 7.42. The molecule has 0 radical (unpaired) electrons. The lowest BCUT2D eigenvalue weighted by Gasteiger charge is -2.10. The lowest BCUT2D eigenvalue weighted by molar-refractivity contribution is 0.195. The lowest BCUT2D eigenvalue weighted by atomic mass is 10.4. The van der Waals surface area contributed by atoms with Gasteiger partial charge in [-0.25, -0.2) is 13.2 Å². The zero-order chi connectivity index (χ0) is 11.5. The van der Waals surface area contributed by atoms with Gasteiger partial charge in [0.25, 0.3) is 0 Å². The van der Waals surface area contributed by atoms with E-state index in [-0.39, 0.29) is 4.90 Å². The van der Waals surface area contributed by atoms with Gasteiger partial charge in [0.1, 0.15) is 0 Å². The van der Waals surface area contributed by atoms with Crippen LogP contribution in [-0.2, 0) is 9.84 Å². The molecule has 1 rings (SSSR count). The van der Waals surface area contributed by atoms with E-state index in [1.165, 1.54) is 24.3 Å². The number of carboxylic acid groups (broad SMARTS) is 1. The normalized spacial score (nSPS) is 13.1. The third kappa shape index (κ3) is 2.84. The molecule has 0 fully saturated rings. The minimum Gasteiger partial charge on any atom is -0.465 e. The highest BCUT2D eigenvalue weighted by Crippen LogP contribution is 2.16. The van der Waals surface area contributed by atoms with Crippen LogP contribution in [0.2, 0.25) is 0 Å². The first kappa shape index (κ1) is 11.8. The van der Waals surface area contributed by atoms with Gasteiger partial charge in [-0.05, 0) is 12.1 Å². The van der Waals surface area contributed by atoms with Crippen LogP contribution in [0.5, 0.6) is 0 Å². The molecule has 7 heteroatoms. The molecule has 0 saturated carbocycles. The molecular formula is C8H8ClNO4S. The second-order valence-corrected chi connectivity index (χ2v) is 5.35. The smallest absolute Gasteiger partial charge is 0.406 e. The maximum atomic E-state index is 11.6. The van der Waals surface area contributed by atoms with Crippen LogP contribution in [0.25, 0.3) is 0 Å². The Balaban J connectivity index is 2.99. The fourth-order valence-corrected chi connectivity index (χ4v) is 2.34.